The van der Waals surface area contributed by atoms with Gasteiger partial charge in [-0.1, -0.05) is 42.5 Å². The molecule has 0 bridgehead atoms. The number of nitrogens with one attached hydrogen (secondary N) is 1. The van der Waals surface area contributed by atoms with Crippen LogP contribution in [0, 0.1) is 11.3 Å². The minimum Gasteiger partial charge on any atom is -0.368 e. The Kier molecular flexibility index (Phi) is 6.09. The number of carbonyl (C=O) groups is 2. The minimum atomic E-state index is -0.790. The van der Waals surface area contributed by atoms with Gasteiger partial charge >= 0.3 is 0 Å². The van der Waals surface area contributed by atoms with E-state index in [2.05, 4.69) is 5.32 Å². The molecule has 0 unspecified atom stereocenters. The molecule has 2 aromatic rings. The van der Waals surface area contributed by atoms with Crippen LogP contribution in [-0.4, -0.2) is 17.9 Å². The predicted molar refractivity (Wildman–Crippen MR) is 90.7 cm³/mol. The lowest BCUT2D eigenvalue weighted by atomic mass is 10.0. The van der Waals surface area contributed by atoms with Gasteiger partial charge in [0.25, 0.3) is 0 Å². The van der Waals surface area contributed by atoms with Crippen LogP contribution in [-0.2, 0) is 22.4 Å². The summed E-state index contributed by atoms with van der Waals surface area (Å²) in [5.74, 6) is -0.815. The molecule has 5 heteroatoms. The van der Waals surface area contributed by atoms with Crippen molar-refractivity contribution in [3.05, 3.63) is 71.3 Å². The average molecular weight is 321 g/mol. The van der Waals surface area contributed by atoms with Crippen molar-refractivity contribution in [2.45, 2.75) is 25.3 Å². The van der Waals surface area contributed by atoms with Crippen molar-refractivity contribution in [3.63, 3.8) is 0 Å². The van der Waals surface area contributed by atoms with Gasteiger partial charge in [-0.05, 0) is 29.7 Å². The van der Waals surface area contributed by atoms with E-state index in [9.17, 15) is 9.59 Å². The predicted octanol–water partition coefficient (Wildman–Crippen LogP) is 1.70. The molecule has 0 aliphatic carbocycles. The van der Waals surface area contributed by atoms with Gasteiger partial charge in [-0.2, -0.15) is 5.26 Å². The van der Waals surface area contributed by atoms with Gasteiger partial charge in [-0.3, -0.25) is 9.59 Å². The quantitative estimate of drug-likeness (QED) is 0.812. The van der Waals surface area contributed by atoms with Gasteiger partial charge in [0.05, 0.1) is 11.6 Å². The Morgan fingerprint density at radius 2 is 1.79 bits per heavy atom. The Bertz CT molecular complexity index is 751. The first-order chi connectivity index (χ1) is 11.6. The molecule has 0 radical (unpaired) electrons. The smallest absolute Gasteiger partial charge is 0.240 e. The topological polar surface area (TPSA) is 96.0 Å². The molecule has 0 heterocycles. The molecule has 0 saturated heterocycles. The Labute approximate surface area is 141 Å². The maximum atomic E-state index is 12.1. The standard InChI is InChI=1S/C19H19N3O2/c20-13-16-8-4-7-15(11-16)12-17(19(21)24)22-18(23)10-9-14-5-2-1-3-6-14/h1-8,11,17H,9-10,12H2,(H2,21,24)(H,22,23)/t17-/m0/s1. The third-order valence-corrected chi connectivity index (χ3v) is 3.66. The van der Waals surface area contributed by atoms with Crippen LogP contribution in [0.25, 0.3) is 0 Å². The molecule has 2 amide bonds. The van der Waals surface area contributed by atoms with Crippen LogP contribution < -0.4 is 11.1 Å². The van der Waals surface area contributed by atoms with Gasteiger partial charge in [-0.25, -0.2) is 0 Å². The fraction of sp³-hybridized carbons (Fsp3) is 0.211. The van der Waals surface area contributed by atoms with Crippen LogP contribution in [0.2, 0.25) is 0 Å². The molecule has 122 valence electrons. The zero-order valence-corrected chi connectivity index (χ0v) is 13.2. The molecule has 0 spiro atoms. The number of primary amides is 1. The van der Waals surface area contributed by atoms with E-state index in [1.54, 1.807) is 24.3 Å². The fourth-order valence-corrected chi connectivity index (χ4v) is 2.40. The van der Waals surface area contributed by atoms with Crippen molar-refractivity contribution in [2.75, 3.05) is 0 Å². The first kappa shape index (κ1) is 17.2. The average Bonchev–Trinajstić information content (AvgIpc) is 2.60. The molecule has 1 atom stereocenters. The van der Waals surface area contributed by atoms with Crippen molar-refractivity contribution < 1.29 is 9.59 Å². The highest BCUT2D eigenvalue weighted by atomic mass is 16.2. The second kappa shape index (κ2) is 8.49. The number of nitrogens with zero attached hydrogens (tertiary/aromatic N) is 1. The number of carbonyl (C=O) groups excluding carboxylic acids is 2. The highest BCUT2D eigenvalue weighted by Gasteiger charge is 2.18. The SMILES string of the molecule is N#Cc1cccc(C[C@H](NC(=O)CCc2ccccc2)C(N)=O)c1. The number of amides is 2. The van der Waals surface area contributed by atoms with Crippen LogP contribution in [0.5, 0.6) is 0 Å². The highest BCUT2D eigenvalue weighted by Crippen LogP contribution is 2.08. The normalized spacial score (nSPS) is 11.3. The van der Waals surface area contributed by atoms with Gasteiger partial charge in [0.1, 0.15) is 6.04 Å². The lowest BCUT2D eigenvalue weighted by Crippen LogP contribution is -2.45. The Balaban J connectivity index is 1.94. The maximum Gasteiger partial charge on any atom is 0.240 e. The Morgan fingerprint density at radius 1 is 1.08 bits per heavy atom. The molecule has 0 fully saturated rings. The van der Waals surface area contributed by atoms with Gasteiger partial charge in [0.2, 0.25) is 11.8 Å². The van der Waals surface area contributed by atoms with E-state index >= 15 is 0 Å². The molecule has 0 saturated carbocycles. The lowest BCUT2D eigenvalue weighted by molar-refractivity contribution is -0.127. The van der Waals surface area contributed by atoms with Gasteiger partial charge < -0.3 is 11.1 Å². The van der Waals surface area contributed by atoms with Crippen molar-refractivity contribution >= 4 is 11.8 Å². The zero-order valence-electron chi connectivity index (χ0n) is 13.2. The molecule has 3 N–H and O–H groups in total. The number of hydrogen-bond acceptors (Lipinski definition) is 3. The van der Waals surface area contributed by atoms with Gasteiger partial charge in [-0.15, -0.1) is 0 Å². The van der Waals surface area contributed by atoms with E-state index < -0.39 is 11.9 Å². The van der Waals surface area contributed by atoms with E-state index in [0.717, 1.165) is 11.1 Å². The molecular weight excluding hydrogens is 302 g/mol. The van der Waals surface area contributed by atoms with Crippen LogP contribution in [0.4, 0.5) is 0 Å². The number of aryl methyl sites for hydroxylation is 1. The van der Waals surface area contributed by atoms with Crippen molar-refractivity contribution in [1.29, 1.82) is 5.26 Å². The highest BCUT2D eigenvalue weighted by molar-refractivity contribution is 5.86. The summed E-state index contributed by atoms with van der Waals surface area (Å²) in [6.45, 7) is 0. The van der Waals surface area contributed by atoms with Crippen molar-refractivity contribution in [3.8, 4) is 6.07 Å². The third kappa shape index (κ3) is 5.25. The van der Waals surface area contributed by atoms with Crippen LogP contribution >= 0.6 is 0 Å². The van der Waals surface area contributed by atoms with E-state index in [-0.39, 0.29) is 18.7 Å². The Hall–Kier alpha value is -3.13. The van der Waals surface area contributed by atoms with E-state index in [1.807, 2.05) is 36.4 Å². The molecule has 24 heavy (non-hydrogen) atoms. The number of benzene rings is 2. The van der Waals surface area contributed by atoms with Gasteiger partial charge in [0, 0.05) is 12.8 Å². The second-order valence-electron chi connectivity index (χ2n) is 5.52. The first-order valence-corrected chi connectivity index (χ1v) is 7.70. The van der Waals surface area contributed by atoms with Gasteiger partial charge in [0.15, 0.2) is 0 Å². The Morgan fingerprint density at radius 3 is 2.46 bits per heavy atom. The molecule has 2 rings (SSSR count). The minimum absolute atomic E-state index is 0.223. The molecule has 5 nitrogen and oxygen atoms in total. The summed E-state index contributed by atoms with van der Waals surface area (Å²) in [7, 11) is 0. The summed E-state index contributed by atoms with van der Waals surface area (Å²) >= 11 is 0. The number of rotatable bonds is 7. The van der Waals surface area contributed by atoms with Crippen molar-refractivity contribution in [2.24, 2.45) is 5.73 Å². The molecule has 0 aliphatic heterocycles. The fourth-order valence-electron chi connectivity index (χ4n) is 2.40. The summed E-state index contributed by atoms with van der Waals surface area (Å²) < 4.78 is 0. The molecule has 0 aliphatic rings. The number of nitrogens with two attached hydrogens (primary N) is 1. The van der Waals surface area contributed by atoms with E-state index in [0.29, 0.717) is 12.0 Å². The van der Waals surface area contributed by atoms with Crippen LogP contribution in [0.3, 0.4) is 0 Å². The summed E-state index contributed by atoms with van der Waals surface area (Å²) in [5.41, 5.74) is 7.74. The maximum absolute atomic E-state index is 12.1. The summed E-state index contributed by atoms with van der Waals surface area (Å²) in [6, 6.07) is 17.8. The largest absolute Gasteiger partial charge is 0.368 e. The van der Waals surface area contributed by atoms with E-state index in [4.69, 9.17) is 11.0 Å². The summed E-state index contributed by atoms with van der Waals surface area (Å²) in [5, 5.41) is 11.6. The summed E-state index contributed by atoms with van der Waals surface area (Å²) in [6.07, 6.45) is 1.15. The number of nitriles is 1. The lowest BCUT2D eigenvalue weighted by Gasteiger charge is -2.16. The monoisotopic (exact) mass is 321 g/mol. The number of hydrogen-bond donors (Lipinski definition) is 2. The molecular formula is C19H19N3O2. The van der Waals surface area contributed by atoms with Crippen molar-refractivity contribution in [1.82, 2.24) is 5.32 Å². The summed E-state index contributed by atoms with van der Waals surface area (Å²) in [4.78, 5) is 23.7. The zero-order chi connectivity index (χ0) is 17.4. The van der Waals surface area contributed by atoms with E-state index in [1.165, 1.54) is 0 Å². The van der Waals surface area contributed by atoms with Crippen LogP contribution in [0.1, 0.15) is 23.1 Å². The third-order valence-electron chi connectivity index (χ3n) is 3.66. The molecule has 2 aromatic carbocycles. The molecule has 0 aromatic heterocycles. The van der Waals surface area contributed by atoms with Crippen LogP contribution in [0.15, 0.2) is 54.6 Å². The first-order valence-electron chi connectivity index (χ1n) is 7.70. The second-order valence-corrected chi connectivity index (χ2v) is 5.52.